The molecule has 0 bridgehead atoms. The molecule has 2 heterocycles. The van der Waals surface area contributed by atoms with Crippen molar-refractivity contribution in [1.82, 2.24) is 15.8 Å². The van der Waals surface area contributed by atoms with Gasteiger partial charge < -0.3 is 10.3 Å². The van der Waals surface area contributed by atoms with Crippen molar-refractivity contribution in [3.63, 3.8) is 0 Å². The summed E-state index contributed by atoms with van der Waals surface area (Å²) in [5.41, 5.74) is 7.10. The molecule has 4 rings (SSSR count). The fourth-order valence-electron chi connectivity index (χ4n) is 3.05. The first-order valence-corrected chi connectivity index (χ1v) is 10.6. The van der Waals surface area contributed by atoms with Crippen LogP contribution in [0.3, 0.4) is 0 Å². The van der Waals surface area contributed by atoms with Gasteiger partial charge in [-0.1, -0.05) is 35.9 Å². The van der Waals surface area contributed by atoms with Crippen molar-refractivity contribution in [1.29, 1.82) is 0 Å². The topological polar surface area (TPSA) is 103 Å². The van der Waals surface area contributed by atoms with E-state index in [1.54, 1.807) is 23.7 Å². The normalized spacial score (nSPS) is 10.6. The molecule has 31 heavy (non-hydrogen) atoms. The van der Waals surface area contributed by atoms with Crippen molar-refractivity contribution < 1.29 is 14.4 Å². The molecule has 0 unspecified atom stereocenters. The SMILES string of the molecule is O=C(Cc1c[nH]c2ccccc12)NNC(=O)c1ccc(Cl)c(NC(=O)c2cccs2)c1. The zero-order valence-electron chi connectivity index (χ0n) is 16.1. The van der Waals surface area contributed by atoms with Crippen molar-refractivity contribution in [3.8, 4) is 0 Å². The minimum atomic E-state index is -0.532. The van der Waals surface area contributed by atoms with Gasteiger partial charge in [-0.05, 0) is 41.3 Å². The number of thiophene rings is 1. The second-order valence-electron chi connectivity index (χ2n) is 6.66. The molecule has 0 aliphatic rings. The van der Waals surface area contributed by atoms with Gasteiger partial charge in [-0.25, -0.2) is 0 Å². The zero-order chi connectivity index (χ0) is 21.8. The van der Waals surface area contributed by atoms with Crippen LogP contribution in [-0.2, 0) is 11.2 Å². The molecule has 0 aliphatic carbocycles. The predicted molar refractivity (Wildman–Crippen MR) is 121 cm³/mol. The second kappa shape index (κ2) is 9.03. The molecule has 0 saturated carbocycles. The summed E-state index contributed by atoms with van der Waals surface area (Å²) in [4.78, 5) is 40.6. The minimum Gasteiger partial charge on any atom is -0.361 e. The van der Waals surface area contributed by atoms with E-state index in [0.29, 0.717) is 15.6 Å². The van der Waals surface area contributed by atoms with E-state index in [9.17, 15) is 14.4 Å². The highest BCUT2D eigenvalue weighted by Gasteiger charge is 2.14. The maximum Gasteiger partial charge on any atom is 0.269 e. The lowest BCUT2D eigenvalue weighted by atomic mass is 10.1. The van der Waals surface area contributed by atoms with Crippen LogP contribution in [0.2, 0.25) is 5.02 Å². The Balaban J connectivity index is 1.38. The van der Waals surface area contributed by atoms with Crippen LogP contribution in [0.1, 0.15) is 25.6 Å². The molecule has 7 nitrogen and oxygen atoms in total. The van der Waals surface area contributed by atoms with E-state index in [1.807, 2.05) is 24.3 Å². The molecule has 0 radical (unpaired) electrons. The van der Waals surface area contributed by atoms with Gasteiger partial charge in [0, 0.05) is 22.7 Å². The molecule has 2 aromatic carbocycles. The third-order valence-corrected chi connectivity index (χ3v) is 5.76. The first-order chi connectivity index (χ1) is 15.0. The molecular weight excluding hydrogens is 436 g/mol. The van der Waals surface area contributed by atoms with Crippen molar-refractivity contribution in [2.45, 2.75) is 6.42 Å². The number of hydrazine groups is 1. The summed E-state index contributed by atoms with van der Waals surface area (Å²) >= 11 is 7.44. The van der Waals surface area contributed by atoms with Crippen molar-refractivity contribution in [2.75, 3.05) is 5.32 Å². The lowest BCUT2D eigenvalue weighted by molar-refractivity contribution is -0.121. The minimum absolute atomic E-state index is 0.104. The highest BCUT2D eigenvalue weighted by Crippen LogP contribution is 2.24. The maximum atomic E-state index is 12.5. The Labute approximate surface area is 186 Å². The number of hydrogen-bond acceptors (Lipinski definition) is 4. The number of para-hydroxylation sites is 1. The third-order valence-electron chi connectivity index (χ3n) is 4.56. The van der Waals surface area contributed by atoms with Gasteiger partial charge in [-0.3, -0.25) is 25.2 Å². The number of hydrogen-bond donors (Lipinski definition) is 4. The Morgan fingerprint density at radius 1 is 0.968 bits per heavy atom. The van der Waals surface area contributed by atoms with Crippen LogP contribution in [0.4, 0.5) is 5.69 Å². The van der Waals surface area contributed by atoms with E-state index < -0.39 is 5.91 Å². The summed E-state index contributed by atoms with van der Waals surface area (Å²) in [6, 6.07) is 15.6. The summed E-state index contributed by atoms with van der Waals surface area (Å²) in [5.74, 6) is -1.21. The Bertz CT molecular complexity index is 1270. The van der Waals surface area contributed by atoms with Gasteiger partial charge in [0.1, 0.15) is 0 Å². The second-order valence-corrected chi connectivity index (χ2v) is 8.02. The molecule has 9 heteroatoms. The molecule has 0 atom stereocenters. The zero-order valence-corrected chi connectivity index (χ0v) is 17.6. The Morgan fingerprint density at radius 2 is 1.81 bits per heavy atom. The average Bonchev–Trinajstić information content (AvgIpc) is 3.44. The van der Waals surface area contributed by atoms with Crippen LogP contribution in [0.15, 0.2) is 66.2 Å². The summed E-state index contributed by atoms with van der Waals surface area (Å²) < 4.78 is 0. The Hall–Kier alpha value is -3.62. The first kappa shape index (κ1) is 20.6. The maximum absolute atomic E-state index is 12.5. The van der Waals surface area contributed by atoms with Crippen LogP contribution >= 0.6 is 22.9 Å². The molecule has 0 fully saturated rings. The Morgan fingerprint density at radius 3 is 2.61 bits per heavy atom. The van der Waals surface area contributed by atoms with Crippen molar-refractivity contribution in [2.24, 2.45) is 0 Å². The average molecular weight is 453 g/mol. The summed E-state index contributed by atoms with van der Waals surface area (Å²) in [5, 5.41) is 5.73. The van der Waals surface area contributed by atoms with Gasteiger partial charge in [0.25, 0.3) is 11.8 Å². The van der Waals surface area contributed by atoms with E-state index in [2.05, 4.69) is 21.2 Å². The number of rotatable bonds is 5. The van der Waals surface area contributed by atoms with Crippen molar-refractivity contribution >= 4 is 57.2 Å². The number of benzene rings is 2. The van der Waals surface area contributed by atoms with Gasteiger partial charge >= 0.3 is 0 Å². The van der Waals surface area contributed by atoms with Gasteiger partial charge in [0.05, 0.1) is 22.0 Å². The predicted octanol–water partition coefficient (Wildman–Crippen LogP) is 4.14. The highest BCUT2D eigenvalue weighted by atomic mass is 35.5. The summed E-state index contributed by atoms with van der Waals surface area (Å²) in [6.07, 6.45) is 1.88. The number of carbonyl (C=O) groups is 3. The Kier molecular flexibility index (Phi) is 6.01. The van der Waals surface area contributed by atoms with Crippen LogP contribution in [0, 0.1) is 0 Å². The van der Waals surface area contributed by atoms with Gasteiger partial charge in [0.15, 0.2) is 0 Å². The number of H-pyrrole nitrogens is 1. The van der Waals surface area contributed by atoms with E-state index in [0.717, 1.165) is 16.5 Å². The van der Waals surface area contributed by atoms with Crippen LogP contribution in [0.25, 0.3) is 10.9 Å². The van der Waals surface area contributed by atoms with Gasteiger partial charge in [0.2, 0.25) is 5.91 Å². The van der Waals surface area contributed by atoms with Crippen LogP contribution < -0.4 is 16.2 Å². The lowest BCUT2D eigenvalue weighted by Gasteiger charge is -2.10. The van der Waals surface area contributed by atoms with Crippen LogP contribution in [-0.4, -0.2) is 22.7 Å². The van der Waals surface area contributed by atoms with E-state index in [-0.39, 0.29) is 23.8 Å². The number of carbonyl (C=O) groups excluding carboxylic acids is 3. The van der Waals surface area contributed by atoms with Crippen LogP contribution in [0.5, 0.6) is 0 Å². The summed E-state index contributed by atoms with van der Waals surface area (Å²) in [6.45, 7) is 0. The molecule has 156 valence electrons. The van der Waals surface area contributed by atoms with E-state index in [4.69, 9.17) is 11.6 Å². The molecule has 0 saturated heterocycles. The number of aromatic nitrogens is 1. The number of aromatic amines is 1. The molecule has 3 amide bonds. The molecule has 0 spiro atoms. The molecular formula is C22H17ClN4O3S. The lowest BCUT2D eigenvalue weighted by Crippen LogP contribution is -2.42. The van der Waals surface area contributed by atoms with Gasteiger partial charge in [-0.15, -0.1) is 11.3 Å². The first-order valence-electron chi connectivity index (χ1n) is 9.30. The molecule has 4 aromatic rings. The third kappa shape index (κ3) is 4.76. The van der Waals surface area contributed by atoms with E-state index >= 15 is 0 Å². The molecule has 0 aliphatic heterocycles. The largest absolute Gasteiger partial charge is 0.361 e. The number of halogens is 1. The fraction of sp³-hybridized carbons (Fsp3) is 0.0455. The smallest absolute Gasteiger partial charge is 0.269 e. The van der Waals surface area contributed by atoms with E-state index in [1.165, 1.54) is 29.5 Å². The number of anilines is 1. The van der Waals surface area contributed by atoms with Crippen molar-refractivity contribution in [3.05, 3.63) is 87.2 Å². The number of nitrogens with one attached hydrogen (secondary N) is 4. The summed E-state index contributed by atoms with van der Waals surface area (Å²) in [7, 11) is 0. The van der Waals surface area contributed by atoms with Gasteiger partial charge in [-0.2, -0.15) is 0 Å². The number of amides is 3. The molecule has 2 aromatic heterocycles. The molecule has 4 N–H and O–H groups in total. The number of fused-ring (bicyclic) bond motifs is 1. The fourth-order valence-corrected chi connectivity index (χ4v) is 3.83. The quantitative estimate of drug-likeness (QED) is 0.342. The highest BCUT2D eigenvalue weighted by molar-refractivity contribution is 7.12. The standard InChI is InChI=1S/C22H17ClN4O3S/c23-16-8-7-13(10-18(16)25-22(30)19-6-3-9-31-19)21(29)27-26-20(28)11-14-12-24-17-5-2-1-4-15(14)17/h1-10,12,24H,11H2,(H,25,30)(H,26,28)(H,27,29). The monoisotopic (exact) mass is 452 g/mol.